The highest BCUT2D eigenvalue weighted by Crippen LogP contribution is 2.31. The van der Waals surface area contributed by atoms with Gasteiger partial charge in [-0.1, -0.05) is 48.2 Å². The number of hydrogen-bond donors (Lipinski definition) is 1. The van der Waals surface area contributed by atoms with Crippen LogP contribution in [-0.2, 0) is 4.79 Å². The van der Waals surface area contributed by atoms with Gasteiger partial charge in [-0.05, 0) is 43.1 Å². The van der Waals surface area contributed by atoms with Crippen molar-refractivity contribution in [2.75, 3.05) is 25.5 Å². The van der Waals surface area contributed by atoms with Gasteiger partial charge in [-0.3, -0.25) is 9.69 Å². The van der Waals surface area contributed by atoms with Gasteiger partial charge in [0.05, 0.1) is 23.7 Å². The van der Waals surface area contributed by atoms with Crippen molar-refractivity contribution in [1.29, 1.82) is 0 Å². The molecule has 27 heavy (non-hydrogen) atoms. The number of anilines is 1. The van der Waals surface area contributed by atoms with E-state index in [1.807, 2.05) is 12.1 Å². The molecule has 2 aromatic rings. The Morgan fingerprint density at radius 3 is 2.74 bits per heavy atom. The Hall–Kier alpha value is -1.82. The normalized spacial score (nSPS) is 18.0. The smallest absolute Gasteiger partial charge is 0.239 e. The summed E-state index contributed by atoms with van der Waals surface area (Å²) >= 11 is 12.0. The van der Waals surface area contributed by atoms with Crippen molar-refractivity contribution in [2.45, 2.75) is 31.7 Å². The van der Waals surface area contributed by atoms with Crippen LogP contribution in [0.25, 0.3) is 0 Å². The number of methoxy groups -OCH3 is 1. The molecule has 0 spiro atoms. The summed E-state index contributed by atoms with van der Waals surface area (Å²) in [4.78, 5) is 18.9. The van der Waals surface area contributed by atoms with Gasteiger partial charge in [0.1, 0.15) is 5.75 Å². The SMILES string of the molecule is COc1ccc([C@@H]2CCCCCN2CC(=O)Nc2ncc(Cl)cc2Cl)cc1. The highest BCUT2D eigenvalue weighted by atomic mass is 35.5. The molecule has 3 rings (SSSR count). The highest BCUT2D eigenvalue weighted by molar-refractivity contribution is 6.36. The standard InChI is InChI=1S/C20H23Cl2N3O2/c1-27-16-8-6-14(7-9-16)18-5-3-2-4-10-25(18)13-19(26)24-20-17(22)11-15(21)12-23-20/h6-9,11-12,18H,2-5,10,13H2,1H3,(H,23,24,26)/t18-/m0/s1. The fourth-order valence-corrected chi connectivity index (χ4v) is 3.85. The summed E-state index contributed by atoms with van der Waals surface area (Å²) in [5, 5.41) is 3.56. The first-order valence-electron chi connectivity index (χ1n) is 9.05. The van der Waals surface area contributed by atoms with E-state index in [1.54, 1.807) is 13.2 Å². The first kappa shape index (κ1) is 19.9. The lowest BCUT2D eigenvalue weighted by molar-refractivity contribution is -0.117. The molecular formula is C20H23Cl2N3O2. The van der Waals surface area contributed by atoms with E-state index in [1.165, 1.54) is 18.2 Å². The van der Waals surface area contributed by atoms with Crippen LogP contribution in [-0.4, -0.2) is 36.0 Å². The lowest BCUT2D eigenvalue weighted by Gasteiger charge is -2.29. The van der Waals surface area contributed by atoms with E-state index in [-0.39, 0.29) is 18.5 Å². The van der Waals surface area contributed by atoms with Crippen molar-refractivity contribution in [3.05, 3.63) is 52.1 Å². The van der Waals surface area contributed by atoms with Gasteiger partial charge < -0.3 is 10.1 Å². The summed E-state index contributed by atoms with van der Waals surface area (Å²) in [6.07, 6.45) is 5.91. The Balaban J connectivity index is 1.71. The number of likely N-dealkylation sites (tertiary alicyclic amines) is 1. The third-order valence-corrected chi connectivity index (χ3v) is 5.27. The van der Waals surface area contributed by atoms with Gasteiger partial charge in [0.25, 0.3) is 0 Å². The minimum Gasteiger partial charge on any atom is -0.497 e. The molecular weight excluding hydrogens is 385 g/mol. The molecule has 1 aromatic heterocycles. The zero-order valence-electron chi connectivity index (χ0n) is 15.3. The number of rotatable bonds is 5. The Labute approximate surface area is 169 Å². The van der Waals surface area contributed by atoms with Gasteiger partial charge in [-0.15, -0.1) is 0 Å². The van der Waals surface area contributed by atoms with Crippen LogP contribution in [0.4, 0.5) is 5.82 Å². The molecule has 5 nitrogen and oxygen atoms in total. The van der Waals surface area contributed by atoms with E-state index >= 15 is 0 Å². The molecule has 1 amide bonds. The van der Waals surface area contributed by atoms with E-state index in [0.717, 1.165) is 31.6 Å². The maximum Gasteiger partial charge on any atom is 0.239 e. The van der Waals surface area contributed by atoms with Gasteiger partial charge in [0, 0.05) is 12.2 Å². The van der Waals surface area contributed by atoms with E-state index in [9.17, 15) is 4.79 Å². The van der Waals surface area contributed by atoms with Crippen molar-refractivity contribution in [1.82, 2.24) is 9.88 Å². The highest BCUT2D eigenvalue weighted by Gasteiger charge is 2.25. The van der Waals surface area contributed by atoms with Gasteiger partial charge in [0.2, 0.25) is 5.91 Å². The molecule has 0 bridgehead atoms. The molecule has 1 aromatic carbocycles. The van der Waals surface area contributed by atoms with Crippen LogP contribution in [0.5, 0.6) is 5.75 Å². The maximum atomic E-state index is 12.6. The molecule has 1 saturated heterocycles. The summed E-state index contributed by atoms with van der Waals surface area (Å²) in [5.74, 6) is 1.04. The summed E-state index contributed by atoms with van der Waals surface area (Å²) in [5.41, 5.74) is 1.20. The van der Waals surface area contributed by atoms with Gasteiger partial charge in [-0.25, -0.2) is 4.98 Å². The van der Waals surface area contributed by atoms with E-state index in [2.05, 4.69) is 27.3 Å². The Morgan fingerprint density at radius 2 is 2.04 bits per heavy atom. The number of nitrogens with zero attached hydrogens (tertiary/aromatic N) is 2. The summed E-state index contributed by atoms with van der Waals surface area (Å²) < 4.78 is 5.25. The van der Waals surface area contributed by atoms with Crippen molar-refractivity contribution >= 4 is 34.9 Å². The second-order valence-corrected chi connectivity index (χ2v) is 7.48. The molecule has 1 N–H and O–H groups in total. The number of ether oxygens (including phenoxy) is 1. The third kappa shape index (κ3) is 5.34. The Bertz CT molecular complexity index is 783. The minimum atomic E-state index is -0.132. The fourth-order valence-electron chi connectivity index (χ4n) is 3.42. The average Bonchev–Trinajstić information content (AvgIpc) is 2.89. The summed E-state index contributed by atoms with van der Waals surface area (Å²) in [6.45, 7) is 1.17. The van der Waals surface area contributed by atoms with Crippen molar-refractivity contribution in [3.8, 4) is 5.75 Å². The molecule has 1 aliphatic rings. The molecule has 1 aliphatic heterocycles. The lowest BCUT2D eigenvalue weighted by atomic mass is 10.0. The zero-order valence-corrected chi connectivity index (χ0v) is 16.8. The van der Waals surface area contributed by atoms with Crippen LogP contribution in [0.3, 0.4) is 0 Å². The fraction of sp³-hybridized carbons (Fsp3) is 0.400. The second kappa shape index (κ2) is 9.40. The van der Waals surface area contributed by atoms with E-state index in [0.29, 0.717) is 15.9 Å². The summed E-state index contributed by atoms with van der Waals surface area (Å²) in [7, 11) is 1.66. The van der Waals surface area contributed by atoms with Crippen molar-refractivity contribution in [2.24, 2.45) is 0 Å². The van der Waals surface area contributed by atoms with Crippen LogP contribution in [0.2, 0.25) is 10.0 Å². The molecule has 0 unspecified atom stereocenters. The maximum absolute atomic E-state index is 12.6. The number of carbonyl (C=O) groups excluding carboxylic acids is 1. The third-order valence-electron chi connectivity index (χ3n) is 4.78. The summed E-state index contributed by atoms with van der Waals surface area (Å²) in [6, 6.07) is 9.87. The quantitative estimate of drug-likeness (QED) is 0.761. The number of amides is 1. The van der Waals surface area contributed by atoms with Gasteiger partial charge in [-0.2, -0.15) is 0 Å². The Kier molecular flexibility index (Phi) is 6.94. The number of aromatic nitrogens is 1. The van der Waals surface area contributed by atoms with Crippen molar-refractivity contribution in [3.63, 3.8) is 0 Å². The van der Waals surface area contributed by atoms with Crippen molar-refractivity contribution < 1.29 is 9.53 Å². The predicted octanol–water partition coefficient (Wildman–Crippen LogP) is 4.95. The number of hydrogen-bond acceptors (Lipinski definition) is 4. The number of benzene rings is 1. The molecule has 0 aliphatic carbocycles. The number of halogens is 2. The van der Waals surface area contributed by atoms with Gasteiger partial charge in [0.15, 0.2) is 5.82 Å². The van der Waals surface area contributed by atoms with Crippen LogP contribution in [0.1, 0.15) is 37.3 Å². The molecule has 7 heteroatoms. The first-order valence-corrected chi connectivity index (χ1v) is 9.81. The van der Waals surface area contributed by atoms with Crippen LogP contribution >= 0.6 is 23.2 Å². The van der Waals surface area contributed by atoms with E-state index < -0.39 is 0 Å². The van der Waals surface area contributed by atoms with Crippen LogP contribution in [0.15, 0.2) is 36.5 Å². The monoisotopic (exact) mass is 407 g/mol. The lowest BCUT2D eigenvalue weighted by Crippen LogP contribution is -2.36. The predicted molar refractivity (Wildman–Crippen MR) is 109 cm³/mol. The number of nitrogens with one attached hydrogen (secondary N) is 1. The first-order chi connectivity index (χ1) is 13.1. The number of carbonyl (C=O) groups is 1. The minimum absolute atomic E-state index is 0.132. The molecule has 0 radical (unpaired) electrons. The van der Waals surface area contributed by atoms with E-state index in [4.69, 9.17) is 27.9 Å². The zero-order chi connectivity index (χ0) is 19.2. The topological polar surface area (TPSA) is 54.5 Å². The second-order valence-electron chi connectivity index (χ2n) is 6.64. The van der Waals surface area contributed by atoms with Crippen LogP contribution in [0, 0.1) is 0 Å². The Morgan fingerprint density at radius 1 is 1.26 bits per heavy atom. The number of pyridine rings is 1. The largest absolute Gasteiger partial charge is 0.497 e. The van der Waals surface area contributed by atoms with Crippen LogP contribution < -0.4 is 10.1 Å². The molecule has 0 saturated carbocycles. The molecule has 1 atom stereocenters. The molecule has 1 fully saturated rings. The van der Waals surface area contributed by atoms with Gasteiger partial charge >= 0.3 is 0 Å². The molecule has 2 heterocycles. The molecule has 144 valence electrons. The average molecular weight is 408 g/mol.